The zero-order chi connectivity index (χ0) is 13.7. The van der Waals surface area contributed by atoms with Gasteiger partial charge in [-0.15, -0.1) is 0 Å². The molecule has 0 aliphatic carbocycles. The van der Waals surface area contributed by atoms with Crippen LogP contribution in [0.3, 0.4) is 0 Å². The molecule has 1 aromatic carbocycles. The lowest BCUT2D eigenvalue weighted by Crippen LogP contribution is -2.34. The summed E-state index contributed by atoms with van der Waals surface area (Å²) < 4.78 is 5.62. The van der Waals surface area contributed by atoms with Gasteiger partial charge >= 0.3 is 7.12 Å². The predicted molar refractivity (Wildman–Crippen MR) is 76.9 cm³/mol. The smallest absolute Gasteiger partial charge is 0.456 e. The average Bonchev–Trinajstić information content (AvgIpc) is 2.78. The number of hydrogen-bond acceptors (Lipinski definition) is 3. The highest BCUT2D eigenvalue weighted by Gasteiger charge is 2.17. The summed E-state index contributed by atoms with van der Waals surface area (Å²) in [5.74, 6) is 0. The van der Waals surface area contributed by atoms with Gasteiger partial charge in [0.05, 0.1) is 0 Å². The maximum atomic E-state index is 9.31. The maximum absolute atomic E-state index is 9.31. The zero-order valence-corrected chi connectivity index (χ0v) is 11.3. The fourth-order valence-corrected chi connectivity index (χ4v) is 1.93. The zero-order valence-electron chi connectivity index (χ0n) is 11.3. The first kappa shape index (κ1) is 14.5. The molecule has 0 aliphatic heterocycles. The Hall–Kier alpha value is -1.52. The molecule has 0 saturated carbocycles. The fourth-order valence-electron chi connectivity index (χ4n) is 1.93. The first-order valence-electron chi connectivity index (χ1n) is 6.19. The first-order valence-corrected chi connectivity index (χ1v) is 6.19. The third kappa shape index (κ3) is 2.50. The van der Waals surface area contributed by atoms with Crippen molar-refractivity contribution >= 4 is 35.7 Å². The van der Waals surface area contributed by atoms with Crippen LogP contribution in [0, 0.1) is 0 Å². The van der Waals surface area contributed by atoms with Gasteiger partial charge in [-0.2, -0.15) is 0 Å². The second kappa shape index (κ2) is 6.43. The first-order chi connectivity index (χ1) is 8.69. The van der Waals surface area contributed by atoms with Gasteiger partial charge in [0.2, 0.25) is 0 Å². The van der Waals surface area contributed by atoms with E-state index in [1.165, 1.54) is 0 Å². The van der Waals surface area contributed by atoms with Gasteiger partial charge in [0, 0.05) is 10.6 Å². The molecule has 2 aromatic rings. The predicted octanol–water partition coefficient (Wildman–Crippen LogP) is 0.740. The molecule has 0 bridgehead atoms. The van der Waals surface area contributed by atoms with E-state index in [-0.39, 0.29) is 0 Å². The third-order valence-electron chi connectivity index (χ3n) is 2.64. The van der Waals surface area contributed by atoms with Crippen LogP contribution in [-0.2, 0) is 0 Å². The minimum Gasteiger partial charge on any atom is -0.456 e. The summed E-state index contributed by atoms with van der Waals surface area (Å²) in [7, 11) is -1.48. The molecule has 18 heavy (non-hydrogen) atoms. The van der Waals surface area contributed by atoms with Crippen LogP contribution in [0.25, 0.3) is 23.1 Å². The van der Waals surface area contributed by atoms with Crippen molar-refractivity contribution < 1.29 is 14.5 Å². The maximum Gasteiger partial charge on any atom is 0.489 e. The molecule has 3 nitrogen and oxygen atoms in total. The molecule has 0 saturated heterocycles. The number of fused-ring (bicyclic) bond motifs is 1. The molecular weight excluding hydrogens is 227 g/mol. The highest BCUT2D eigenvalue weighted by atomic mass is 16.4. The summed E-state index contributed by atoms with van der Waals surface area (Å²) in [6.45, 7) is 7.79. The van der Waals surface area contributed by atoms with Crippen LogP contribution in [0.4, 0.5) is 0 Å². The molecule has 0 aliphatic rings. The minimum absolute atomic E-state index is 0.474. The van der Waals surface area contributed by atoms with Crippen molar-refractivity contribution in [1.29, 1.82) is 0 Å². The van der Waals surface area contributed by atoms with Gasteiger partial charge < -0.3 is 14.5 Å². The lowest BCUT2D eigenvalue weighted by atomic mass is 9.78. The van der Waals surface area contributed by atoms with E-state index in [1.54, 1.807) is 12.1 Å². The second-order valence-corrected chi connectivity index (χ2v) is 3.55. The van der Waals surface area contributed by atoms with E-state index in [0.717, 1.165) is 16.0 Å². The molecule has 0 atom stereocenters. The van der Waals surface area contributed by atoms with Crippen LogP contribution in [0.5, 0.6) is 0 Å². The van der Waals surface area contributed by atoms with E-state index in [2.05, 4.69) is 0 Å². The molecule has 4 heteroatoms. The molecule has 2 N–H and O–H groups in total. The summed E-state index contributed by atoms with van der Waals surface area (Å²) in [6.07, 6.45) is 3.77. The van der Waals surface area contributed by atoms with Gasteiger partial charge in [-0.25, -0.2) is 0 Å². The van der Waals surface area contributed by atoms with Gasteiger partial charge in [-0.05, 0) is 31.5 Å². The highest BCUT2D eigenvalue weighted by molar-refractivity contribution is 6.61. The molecule has 0 unspecified atom stereocenters. The number of hydrogen-bond donors (Lipinski definition) is 2. The van der Waals surface area contributed by atoms with Crippen molar-refractivity contribution in [2.24, 2.45) is 0 Å². The van der Waals surface area contributed by atoms with E-state index in [9.17, 15) is 10.0 Å². The Balaban J connectivity index is 0.000000771. The Kier molecular flexibility index (Phi) is 5.19. The fraction of sp³-hybridized carbons (Fsp3) is 0.286. The second-order valence-electron chi connectivity index (χ2n) is 3.55. The summed E-state index contributed by atoms with van der Waals surface area (Å²) in [6, 6.07) is 5.26. The van der Waals surface area contributed by atoms with E-state index in [4.69, 9.17) is 4.42 Å². The molecule has 96 valence electrons. The minimum atomic E-state index is -1.48. The van der Waals surface area contributed by atoms with Crippen LogP contribution >= 0.6 is 0 Å². The number of furan rings is 1. The van der Waals surface area contributed by atoms with Gasteiger partial charge in [-0.3, -0.25) is 0 Å². The van der Waals surface area contributed by atoms with Gasteiger partial charge in [0.15, 0.2) is 0 Å². The van der Waals surface area contributed by atoms with Crippen molar-refractivity contribution in [2.75, 3.05) is 0 Å². The lowest BCUT2D eigenvalue weighted by molar-refractivity contribution is 0.426. The normalized spacial score (nSPS) is 12.6. The van der Waals surface area contributed by atoms with Crippen molar-refractivity contribution in [3.8, 4) is 0 Å². The lowest BCUT2D eigenvalue weighted by Gasteiger charge is -1.99. The van der Waals surface area contributed by atoms with Crippen LogP contribution in [0.2, 0.25) is 0 Å². The number of rotatable bonds is 1. The van der Waals surface area contributed by atoms with Gasteiger partial charge in [0.25, 0.3) is 0 Å². The van der Waals surface area contributed by atoms with Crippen molar-refractivity contribution in [1.82, 2.24) is 0 Å². The molecule has 0 amide bonds. The van der Waals surface area contributed by atoms with E-state index in [1.807, 2.05) is 45.9 Å². The van der Waals surface area contributed by atoms with Crippen LogP contribution in [-0.4, -0.2) is 17.2 Å². The topological polar surface area (TPSA) is 53.6 Å². The van der Waals surface area contributed by atoms with E-state index >= 15 is 0 Å². The Morgan fingerprint density at radius 1 is 1.11 bits per heavy atom. The molecule has 0 radical (unpaired) electrons. The van der Waals surface area contributed by atoms with Crippen molar-refractivity contribution in [3.05, 3.63) is 28.8 Å². The average molecular weight is 246 g/mol. The van der Waals surface area contributed by atoms with Gasteiger partial charge in [-0.1, -0.05) is 32.1 Å². The molecular formula is C14H19BO3. The molecule has 2 rings (SSSR count). The third-order valence-corrected chi connectivity index (χ3v) is 2.64. The summed E-state index contributed by atoms with van der Waals surface area (Å²) in [4.78, 5) is 0. The highest BCUT2D eigenvalue weighted by Crippen LogP contribution is 2.05. The van der Waals surface area contributed by atoms with Crippen LogP contribution in [0.15, 0.2) is 22.6 Å². The molecule has 1 aromatic heterocycles. The molecule has 1 heterocycles. The van der Waals surface area contributed by atoms with E-state index < -0.39 is 7.12 Å². The summed E-state index contributed by atoms with van der Waals surface area (Å²) in [5, 5.41) is 20.3. The monoisotopic (exact) mass is 246 g/mol. The van der Waals surface area contributed by atoms with Crippen molar-refractivity contribution in [2.45, 2.75) is 27.7 Å². The van der Waals surface area contributed by atoms with E-state index in [0.29, 0.717) is 11.0 Å². The molecule has 0 spiro atoms. The standard InChI is InChI=1S/C12H13BO3.C2H6/c1-3-8-10(4-2)16-11-7-5-6-9(12(8)11)13(14)15;1-2/h3-7,14-15H,1-2H3;1-2H3/b8-3+,10-4+;. The summed E-state index contributed by atoms with van der Waals surface area (Å²) >= 11 is 0. The molecule has 0 fully saturated rings. The Morgan fingerprint density at radius 3 is 2.28 bits per heavy atom. The number of benzene rings is 1. The Morgan fingerprint density at radius 2 is 1.78 bits per heavy atom. The Bertz CT molecular complexity index is 626. The SMILES string of the molecule is C/C=c1\c(=C/C)oc2cccc(B(O)O)c12.CC. The van der Waals surface area contributed by atoms with Gasteiger partial charge in [0.1, 0.15) is 11.0 Å². The van der Waals surface area contributed by atoms with Crippen LogP contribution in [0.1, 0.15) is 27.7 Å². The Labute approximate surface area is 107 Å². The van der Waals surface area contributed by atoms with Crippen LogP contribution < -0.4 is 16.1 Å². The van der Waals surface area contributed by atoms with Crippen molar-refractivity contribution in [3.63, 3.8) is 0 Å². The largest absolute Gasteiger partial charge is 0.489 e. The quantitative estimate of drug-likeness (QED) is 0.730. The summed E-state index contributed by atoms with van der Waals surface area (Å²) in [5.41, 5.74) is 1.90.